The SMILES string of the molecule is CCCN(CCC)CCCOc1ccc2c(c1)-c1ccc(OCCCN(CCC)CCC)cc1S2=O. The van der Waals surface area contributed by atoms with Crippen LogP contribution < -0.4 is 9.47 Å². The van der Waals surface area contributed by atoms with E-state index < -0.39 is 10.8 Å². The lowest BCUT2D eigenvalue weighted by atomic mass is 10.1. The minimum Gasteiger partial charge on any atom is -0.494 e. The highest BCUT2D eigenvalue weighted by atomic mass is 32.2. The molecule has 1 aliphatic heterocycles. The van der Waals surface area contributed by atoms with Crippen molar-refractivity contribution in [2.75, 3.05) is 52.5 Å². The molecule has 0 saturated carbocycles. The van der Waals surface area contributed by atoms with Crippen molar-refractivity contribution < 1.29 is 13.7 Å². The lowest BCUT2D eigenvalue weighted by Crippen LogP contribution is -2.27. The molecule has 36 heavy (non-hydrogen) atoms. The van der Waals surface area contributed by atoms with Crippen LogP contribution in [0.25, 0.3) is 11.1 Å². The van der Waals surface area contributed by atoms with Gasteiger partial charge in [0.15, 0.2) is 0 Å². The van der Waals surface area contributed by atoms with Crippen molar-refractivity contribution in [3.63, 3.8) is 0 Å². The van der Waals surface area contributed by atoms with Gasteiger partial charge in [-0.05, 0) is 107 Å². The fourth-order valence-electron chi connectivity index (χ4n) is 4.95. The summed E-state index contributed by atoms with van der Waals surface area (Å²) in [5.74, 6) is 1.65. The maximum atomic E-state index is 13.2. The lowest BCUT2D eigenvalue weighted by Gasteiger charge is -2.20. The van der Waals surface area contributed by atoms with Crippen LogP contribution >= 0.6 is 0 Å². The van der Waals surface area contributed by atoms with Gasteiger partial charge in [-0.2, -0.15) is 0 Å². The van der Waals surface area contributed by atoms with Crippen molar-refractivity contribution >= 4 is 10.8 Å². The van der Waals surface area contributed by atoms with Crippen LogP contribution in [0.5, 0.6) is 11.5 Å². The van der Waals surface area contributed by atoms with Gasteiger partial charge in [0, 0.05) is 18.7 Å². The Morgan fingerprint density at radius 1 is 0.611 bits per heavy atom. The summed E-state index contributed by atoms with van der Waals surface area (Å²) in [6, 6.07) is 12.0. The van der Waals surface area contributed by atoms with Gasteiger partial charge < -0.3 is 19.3 Å². The van der Waals surface area contributed by atoms with Crippen molar-refractivity contribution in [3.05, 3.63) is 36.4 Å². The summed E-state index contributed by atoms with van der Waals surface area (Å²) in [6.45, 7) is 17.0. The van der Waals surface area contributed by atoms with E-state index in [4.69, 9.17) is 9.47 Å². The molecular formula is C30H46N2O3S. The van der Waals surface area contributed by atoms with Crippen LogP contribution in [0.3, 0.4) is 0 Å². The average molecular weight is 515 g/mol. The van der Waals surface area contributed by atoms with Gasteiger partial charge in [0.05, 0.1) is 33.8 Å². The normalized spacial score (nSPS) is 14.3. The van der Waals surface area contributed by atoms with Crippen LogP contribution in [-0.2, 0) is 10.8 Å². The molecule has 0 radical (unpaired) electrons. The Balaban J connectivity index is 1.54. The van der Waals surface area contributed by atoms with E-state index in [9.17, 15) is 4.21 Å². The zero-order valence-corrected chi connectivity index (χ0v) is 23.7. The zero-order valence-electron chi connectivity index (χ0n) is 22.9. The molecule has 0 fully saturated rings. The number of nitrogens with zero attached hydrogens (tertiary/aromatic N) is 2. The van der Waals surface area contributed by atoms with Crippen LogP contribution in [0.2, 0.25) is 0 Å². The van der Waals surface area contributed by atoms with E-state index in [1.165, 1.54) is 25.7 Å². The maximum absolute atomic E-state index is 13.2. The van der Waals surface area contributed by atoms with Crippen LogP contribution in [0.4, 0.5) is 0 Å². The predicted molar refractivity (Wildman–Crippen MR) is 151 cm³/mol. The van der Waals surface area contributed by atoms with Crippen molar-refractivity contribution in [3.8, 4) is 22.6 Å². The van der Waals surface area contributed by atoms with Crippen LogP contribution in [0, 0.1) is 0 Å². The second kappa shape index (κ2) is 15.4. The molecule has 0 aliphatic carbocycles. The molecule has 1 aliphatic rings. The molecule has 1 unspecified atom stereocenters. The standard InChI is InChI=1S/C30H46N2O3S/c1-5-15-31(16-6-2)19-9-21-34-25-12-14-29-28(23-25)27-13-11-26(24-30(27)36(29)33)35-22-10-20-32(17-7-3)18-8-4/h11-14,23-24H,5-10,15-22H2,1-4H3. The van der Waals surface area contributed by atoms with E-state index in [2.05, 4.69) is 37.5 Å². The van der Waals surface area contributed by atoms with E-state index >= 15 is 0 Å². The molecule has 0 amide bonds. The summed E-state index contributed by atoms with van der Waals surface area (Å²) < 4.78 is 25.3. The molecule has 0 aromatic heterocycles. The third-order valence-corrected chi connectivity index (χ3v) is 8.02. The van der Waals surface area contributed by atoms with Crippen molar-refractivity contribution in [2.24, 2.45) is 0 Å². The molecule has 0 N–H and O–H groups in total. The topological polar surface area (TPSA) is 42.0 Å². The Kier molecular flexibility index (Phi) is 12.3. The smallest absolute Gasteiger partial charge is 0.120 e. The number of fused-ring (bicyclic) bond motifs is 3. The van der Waals surface area contributed by atoms with Crippen molar-refractivity contribution in [2.45, 2.75) is 76.0 Å². The molecule has 3 rings (SSSR count). The first-order valence-corrected chi connectivity index (χ1v) is 15.2. The number of hydrogen-bond acceptors (Lipinski definition) is 5. The van der Waals surface area contributed by atoms with Crippen molar-refractivity contribution in [1.29, 1.82) is 0 Å². The average Bonchev–Trinajstić information content (AvgIpc) is 3.15. The minimum absolute atomic E-state index is 0.675. The molecule has 0 bridgehead atoms. The second-order valence-electron chi connectivity index (χ2n) is 9.67. The molecule has 1 atom stereocenters. The van der Waals surface area contributed by atoms with Crippen LogP contribution in [0.15, 0.2) is 46.2 Å². The van der Waals surface area contributed by atoms with Gasteiger partial charge in [0.2, 0.25) is 0 Å². The van der Waals surface area contributed by atoms with Gasteiger partial charge in [-0.15, -0.1) is 0 Å². The third kappa shape index (κ3) is 8.06. The van der Waals surface area contributed by atoms with Gasteiger partial charge in [0.1, 0.15) is 11.5 Å². The van der Waals surface area contributed by atoms with Gasteiger partial charge >= 0.3 is 0 Å². The number of ether oxygens (including phenoxy) is 2. The van der Waals surface area contributed by atoms with Gasteiger partial charge in [0.25, 0.3) is 0 Å². The number of rotatable bonds is 18. The van der Waals surface area contributed by atoms with E-state index in [0.29, 0.717) is 13.2 Å². The summed E-state index contributed by atoms with van der Waals surface area (Å²) in [5.41, 5.74) is 2.04. The lowest BCUT2D eigenvalue weighted by molar-refractivity contribution is 0.234. The molecule has 0 saturated heterocycles. The molecule has 1 heterocycles. The Morgan fingerprint density at radius 2 is 1.11 bits per heavy atom. The highest BCUT2D eigenvalue weighted by Gasteiger charge is 2.26. The Bertz CT molecular complexity index is 953. The monoisotopic (exact) mass is 514 g/mol. The van der Waals surface area contributed by atoms with E-state index in [1.54, 1.807) is 0 Å². The highest BCUT2D eigenvalue weighted by molar-refractivity contribution is 7.85. The third-order valence-electron chi connectivity index (χ3n) is 6.53. The largest absolute Gasteiger partial charge is 0.494 e. The highest BCUT2D eigenvalue weighted by Crippen LogP contribution is 2.43. The predicted octanol–water partition coefficient (Wildman–Crippen LogP) is 6.62. The first-order chi connectivity index (χ1) is 17.6. The van der Waals surface area contributed by atoms with E-state index in [1.807, 2.05) is 36.4 Å². The van der Waals surface area contributed by atoms with Crippen molar-refractivity contribution in [1.82, 2.24) is 9.80 Å². The molecule has 2 aromatic carbocycles. The fourth-order valence-corrected chi connectivity index (χ4v) is 6.35. The molecule has 5 nitrogen and oxygen atoms in total. The van der Waals surface area contributed by atoms with Gasteiger partial charge in [-0.1, -0.05) is 27.7 Å². The molecule has 0 spiro atoms. The van der Waals surface area contributed by atoms with E-state index in [0.717, 1.165) is 84.5 Å². The summed E-state index contributed by atoms with van der Waals surface area (Å²) >= 11 is 0. The number of hydrogen-bond donors (Lipinski definition) is 0. The van der Waals surface area contributed by atoms with E-state index in [-0.39, 0.29) is 0 Å². The zero-order chi connectivity index (χ0) is 25.8. The van der Waals surface area contributed by atoms with Crippen LogP contribution in [0.1, 0.15) is 66.2 Å². The van der Waals surface area contributed by atoms with Crippen LogP contribution in [-0.4, -0.2) is 66.5 Å². The van der Waals surface area contributed by atoms with Gasteiger partial charge in [-0.3, -0.25) is 0 Å². The quantitative estimate of drug-likeness (QED) is 0.179. The molecule has 6 heteroatoms. The van der Waals surface area contributed by atoms with Gasteiger partial charge in [-0.25, -0.2) is 4.21 Å². The molecular weight excluding hydrogens is 468 g/mol. The maximum Gasteiger partial charge on any atom is 0.120 e. The minimum atomic E-state index is -1.18. The fraction of sp³-hybridized carbons (Fsp3) is 0.600. The summed E-state index contributed by atoms with van der Waals surface area (Å²) in [7, 11) is -1.18. The number of benzene rings is 2. The Labute approximate surface area is 221 Å². The summed E-state index contributed by atoms with van der Waals surface area (Å²) in [5, 5.41) is 0. The molecule has 200 valence electrons. The first kappa shape index (κ1) is 28.7. The summed E-state index contributed by atoms with van der Waals surface area (Å²) in [6.07, 6.45) is 6.74. The Morgan fingerprint density at radius 3 is 1.64 bits per heavy atom. The first-order valence-electron chi connectivity index (χ1n) is 14.0. The summed E-state index contributed by atoms with van der Waals surface area (Å²) in [4.78, 5) is 6.72. The second-order valence-corrected chi connectivity index (χ2v) is 11.1. The molecule has 2 aromatic rings. The Hall–Kier alpha value is -1.89.